The molecule has 0 heterocycles. The van der Waals surface area contributed by atoms with Gasteiger partial charge in [0.25, 0.3) is 0 Å². The van der Waals surface area contributed by atoms with Crippen molar-refractivity contribution in [3.63, 3.8) is 0 Å². The first kappa shape index (κ1) is 18.3. The van der Waals surface area contributed by atoms with Crippen LogP contribution in [0.4, 0.5) is 15.8 Å². The van der Waals surface area contributed by atoms with Gasteiger partial charge in [0.1, 0.15) is 5.82 Å². The average Bonchev–Trinajstić information content (AvgIpc) is 2.56. The highest BCUT2D eigenvalue weighted by atomic mass is 19.1. The number of halogens is 1. The predicted octanol–water partition coefficient (Wildman–Crippen LogP) is 2.81. The molecule has 0 unspecified atom stereocenters. The highest BCUT2D eigenvalue weighted by molar-refractivity contribution is 5.92. The van der Waals surface area contributed by atoms with Gasteiger partial charge in [-0.2, -0.15) is 0 Å². The lowest BCUT2D eigenvalue weighted by Crippen LogP contribution is -2.29. The van der Waals surface area contributed by atoms with E-state index in [4.69, 9.17) is 4.74 Å². The molecule has 0 aliphatic heterocycles. The molecule has 1 N–H and O–H groups in total. The Balaban J connectivity index is 1.96. The Morgan fingerprint density at radius 3 is 2.56 bits per heavy atom. The number of amides is 1. The van der Waals surface area contributed by atoms with Crippen molar-refractivity contribution in [3.8, 4) is 5.75 Å². The smallest absolute Gasteiger partial charge is 0.311 e. The van der Waals surface area contributed by atoms with Gasteiger partial charge >= 0.3 is 5.69 Å². The molecule has 25 heavy (non-hydrogen) atoms. The van der Waals surface area contributed by atoms with Gasteiger partial charge in [-0.25, -0.2) is 4.39 Å². The SMILES string of the molecule is COc1ccc(CN(C)CC(=O)Nc2ccc(F)cc2)cc1[N+](=O)[O-]. The Hall–Kier alpha value is -3.00. The zero-order valence-corrected chi connectivity index (χ0v) is 13.9. The van der Waals surface area contributed by atoms with E-state index in [1.807, 2.05) is 0 Å². The van der Waals surface area contributed by atoms with Crippen molar-refractivity contribution < 1.29 is 18.8 Å². The monoisotopic (exact) mass is 347 g/mol. The molecule has 2 aromatic carbocycles. The normalized spacial score (nSPS) is 10.6. The molecular formula is C17H18FN3O4. The van der Waals surface area contributed by atoms with E-state index in [0.29, 0.717) is 17.8 Å². The molecule has 0 aromatic heterocycles. The molecule has 1 amide bonds. The lowest BCUT2D eigenvalue weighted by atomic mass is 10.1. The van der Waals surface area contributed by atoms with Crippen LogP contribution in [0.25, 0.3) is 0 Å². The highest BCUT2D eigenvalue weighted by Gasteiger charge is 2.16. The molecule has 7 nitrogen and oxygen atoms in total. The lowest BCUT2D eigenvalue weighted by Gasteiger charge is -2.16. The lowest BCUT2D eigenvalue weighted by molar-refractivity contribution is -0.385. The number of carbonyl (C=O) groups excluding carboxylic acids is 1. The minimum Gasteiger partial charge on any atom is -0.490 e. The van der Waals surface area contributed by atoms with Crippen LogP contribution >= 0.6 is 0 Å². The van der Waals surface area contributed by atoms with Crippen molar-refractivity contribution in [1.29, 1.82) is 0 Å². The molecule has 0 bridgehead atoms. The maximum atomic E-state index is 12.8. The number of benzene rings is 2. The zero-order valence-electron chi connectivity index (χ0n) is 13.9. The van der Waals surface area contributed by atoms with E-state index in [0.717, 1.165) is 0 Å². The van der Waals surface area contributed by atoms with Crippen molar-refractivity contribution in [2.75, 3.05) is 26.0 Å². The van der Waals surface area contributed by atoms with Crippen LogP contribution in [-0.4, -0.2) is 36.4 Å². The number of methoxy groups -OCH3 is 1. The number of ether oxygens (including phenoxy) is 1. The number of nitrogens with one attached hydrogen (secondary N) is 1. The summed E-state index contributed by atoms with van der Waals surface area (Å²) in [6.45, 7) is 0.429. The first-order chi connectivity index (χ1) is 11.9. The molecule has 0 saturated carbocycles. The summed E-state index contributed by atoms with van der Waals surface area (Å²) >= 11 is 0. The van der Waals surface area contributed by atoms with Crippen LogP contribution < -0.4 is 10.1 Å². The minimum absolute atomic E-state index is 0.0806. The van der Waals surface area contributed by atoms with Gasteiger partial charge in [0.05, 0.1) is 18.6 Å². The molecule has 0 atom stereocenters. The summed E-state index contributed by atoms with van der Waals surface area (Å²) in [6, 6.07) is 10.1. The molecule has 0 aliphatic carbocycles. The fourth-order valence-corrected chi connectivity index (χ4v) is 2.32. The van der Waals surface area contributed by atoms with Crippen LogP contribution in [0.5, 0.6) is 5.75 Å². The van der Waals surface area contributed by atoms with Gasteiger partial charge in [-0.15, -0.1) is 0 Å². The Bertz CT molecular complexity index is 765. The van der Waals surface area contributed by atoms with Gasteiger partial charge in [-0.3, -0.25) is 19.8 Å². The van der Waals surface area contributed by atoms with E-state index >= 15 is 0 Å². The molecule has 0 spiro atoms. The second-order valence-electron chi connectivity index (χ2n) is 5.49. The topological polar surface area (TPSA) is 84.7 Å². The van der Waals surface area contributed by atoms with E-state index in [9.17, 15) is 19.3 Å². The Morgan fingerprint density at radius 1 is 1.28 bits per heavy atom. The fourth-order valence-electron chi connectivity index (χ4n) is 2.32. The average molecular weight is 347 g/mol. The molecule has 0 saturated heterocycles. The molecule has 8 heteroatoms. The largest absolute Gasteiger partial charge is 0.490 e. The number of likely N-dealkylation sites (N-methyl/N-ethyl adjacent to an activating group) is 1. The van der Waals surface area contributed by atoms with Crippen LogP contribution in [0.15, 0.2) is 42.5 Å². The predicted molar refractivity (Wildman–Crippen MR) is 91.0 cm³/mol. The summed E-state index contributed by atoms with van der Waals surface area (Å²) in [5, 5.41) is 13.7. The van der Waals surface area contributed by atoms with Crippen LogP contribution in [0.3, 0.4) is 0 Å². The highest BCUT2D eigenvalue weighted by Crippen LogP contribution is 2.27. The van der Waals surface area contributed by atoms with Gasteiger partial charge in [0.15, 0.2) is 5.75 Å². The van der Waals surface area contributed by atoms with Crippen LogP contribution in [0, 0.1) is 15.9 Å². The Labute approximate surface area is 144 Å². The number of nitrogens with zero attached hydrogens (tertiary/aromatic N) is 2. The number of anilines is 1. The maximum Gasteiger partial charge on any atom is 0.311 e. The summed E-state index contributed by atoms with van der Waals surface area (Å²) in [7, 11) is 3.09. The standard InChI is InChI=1S/C17H18FN3O4/c1-20(11-17(22)19-14-6-4-13(18)5-7-14)10-12-3-8-16(25-2)15(9-12)21(23)24/h3-9H,10-11H2,1-2H3,(H,19,22). The number of nitro benzene ring substituents is 1. The Kier molecular flexibility index (Phi) is 6.02. The van der Waals surface area contributed by atoms with Gasteiger partial charge in [0.2, 0.25) is 5.91 Å². The van der Waals surface area contributed by atoms with Crippen LogP contribution in [-0.2, 0) is 11.3 Å². The molecule has 2 aromatic rings. The van der Waals surface area contributed by atoms with Crippen LogP contribution in [0.1, 0.15) is 5.56 Å². The van der Waals surface area contributed by atoms with Gasteiger partial charge in [-0.05, 0) is 42.9 Å². The number of nitro groups is 1. The Morgan fingerprint density at radius 2 is 1.96 bits per heavy atom. The van der Waals surface area contributed by atoms with Crippen molar-refractivity contribution >= 4 is 17.3 Å². The molecule has 0 aliphatic rings. The first-order valence-electron chi connectivity index (χ1n) is 7.44. The molecular weight excluding hydrogens is 329 g/mol. The van der Waals surface area contributed by atoms with Gasteiger partial charge < -0.3 is 10.1 Å². The third kappa shape index (κ3) is 5.25. The molecule has 2 rings (SSSR count). The van der Waals surface area contributed by atoms with Crippen molar-refractivity contribution in [1.82, 2.24) is 4.90 Å². The third-order valence-corrected chi connectivity index (χ3v) is 3.43. The molecule has 132 valence electrons. The molecule has 0 fully saturated rings. The van der Waals surface area contributed by atoms with Gasteiger partial charge in [-0.1, -0.05) is 6.07 Å². The van der Waals surface area contributed by atoms with E-state index in [1.165, 1.54) is 43.5 Å². The third-order valence-electron chi connectivity index (χ3n) is 3.43. The maximum absolute atomic E-state index is 12.8. The first-order valence-corrected chi connectivity index (χ1v) is 7.44. The van der Waals surface area contributed by atoms with Crippen molar-refractivity contribution in [3.05, 3.63) is 64.0 Å². The summed E-state index contributed by atoms with van der Waals surface area (Å²) in [6.07, 6.45) is 0. The zero-order chi connectivity index (χ0) is 18.4. The van der Waals surface area contributed by atoms with E-state index in [2.05, 4.69) is 5.32 Å². The molecule has 0 radical (unpaired) electrons. The van der Waals surface area contributed by atoms with E-state index < -0.39 is 4.92 Å². The second-order valence-corrected chi connectivity index (χ2v) is 5.49. The number of carbonyl (C=O) groups is 1. The minimum atomic E-state index is -0.510. The van der Waals surface area contributed by atoms with E-state index in [1.54, 1.807) is 18.0 Å². The number of hydrogen-bond donors (Lipinski definition) is 1. The fraction of sp³-hybridized carbons (Fsp3) is 0.235. The second kappa shape index (κ2) is 8.20. The quantitative estimate of drug-likeness (QED) is 0.615. The van der Waals surface area contributed by atoms with Gasteiger partial charge in [0, 0.05) is 18.3 Å². The van der Waals surface area contributed by atoms with Crippen LogP contribution in [0.2, 0.25) is 0 Å². The van der Waals surface area contributed by atoms with E-state index in [-0.39, 0.29) is 29.7 Å². The van der Waals surface area contributed by atoms with Crippen molar-refractivity contribution in [2.24, 2.45) is 0 Å². The number of rotatable bonds is 7. The summed E-state index contributed by atoms with van der Waals surface area (Å²) in [5.74, 6) is -0.459. The summed E-state index contributed by atoms with van der Waals surface area (Å²) in [5.41, 5.74) is 1.06. The summed E-state index contributed by atoms with van der Waals surface area (Å²) in [4.78, 5) is 24.2. The van der Waals surface area contributed by atoms with Crippen molar-refractivity contribution in [2.45, 2.75) is 6.54 Å². The number of hydrogen-bond acceptors (Lipinski definition) is 5. The summed E-state index contributed by atoms with van der Waals surface area (Å²) < 4.78 is 17.8.